The van der Waals surface area contributed by atoms with Crippen LogP contribution in [0.3, 0.4) is 0 Å². The number of benzene rings is 2. The van der Waals surface area contributed by atoms with Gasteiger partial charge in [0.25, 0.3) is 0 Å². The van der Waals surface area contributed by atoms with E-state index in [9.17, 15) is 4.79 Å². The number of esters is 1. The quantitative estimate of drug-likeness (QED) is 0.708. The first-order valence-corrected chi connectivity index (χ1v) is 8.26. The van der Waals surface area contributed by atoms with E-state index in [1.807, 2.05) is 70.2 Å². The number of nitrogens with one attached hydrogen (secondary N) is 1. The number of carbonyl (C=O) groups is 1. The van der Waals surface area contributed by atoms with Gasteiger partial charge in [0, 0.05) is 5.69 Å². The predicted molar refractivity (Wildman–Crippen MR) is 99.3 cm³/mol. The van der Waals surface area contributed by atoms with E-state index >= 15 is 0 Å². The minimum Gasteiger partial charge on any atom is -0.458 e. The van der Waals surface area contributed by atoms with Gasteiger partial charge < -0.3 is 10.1 Å². The lowest BCUT2D eigenvalue weighted by Crippen LogP contribution is -2.16. The smallest absolute Gasteiger partial charge is 0.361 e. The molecule has 3 aromatic rings. The second-order valence-corrected chi connectivity index (χ2v) is 6.31. The highest BCUT2D eigenvalue weighted by Gasteiger charge is 2.19. The molecule has 5 heteroatoms. The molecule has 0 unspecified atom stereocenters. The van der Waals surface area contributed by atoms with Crippen molar-refractivity contribution in [3.8, 4) is 0 Å². The topological polar surface area (TPSA) is 64.1 Å². The first-order chi connectivity index (χ1) is 11.9. The molecule has 1 N–H and O–H groups in total. The molecule has 0 aliphatic carbocycles. The molecule has 1 heterocycles. The highest BCUT2D eigenvalue weighted by molar-refractivity contribution is 5.96. The third kappa shape index (κ3) is 3.76. The highest BCUT2D eigenvalue weighted by atomic mass is 16.5. The van der Waals surface area contributed by atoms with Crippen LogP contribution in [0.2, 0.25) is 0 Å². The lowest BCUT2D eigenvalue weighted by atomic mass is 10.1. The van der Waals surface area contributed by atoms with E-state index in [0.717, 1.165) is 22.3 Å². The number of hydrogen-bond acceptors (Lipinski definition) is 5. The van der Waals surface area contributed by atoms with Crippen molar-refractivity contribution >= 4 is 28.5 Å². The van der Waals surface area contributed by atoms with Gasteiger partial charge in [-0.3, -0.25) is 0 Å². The number of hydrogen-bond donors (Lipinski definition) is 1. The summed E-state index contributed by atoms with van der Waals surface area (Å²) in [5.74, 6) is -0.0842. The monoisotopic (exact) mass is 335 g/mol. The SMILES string of the molecule is Cc1ccc(C)c(Nc2nc3ccccc3nc2C(=O)OC(C)C)c1. The number of ether oxygens (including phenoxy) is 1. The Morgan fingerprint density at radius 1 is 1.04 bits per heavy atom. The molecular weight excluding hydrogens is 314 g/mol. The van der Waals surface area contributed by atoms with Gasteiger partial charge in [0.2, 0.25) is 0 Å². The average Bonchev–Trinajstić information content (AvgIpc) is 2.57. The molecular formula is C20H21N3O2. The van der Waals surface area contributed by atoms with Crippen molar-refractivity contribution in [2.45, 2.75) is 33.8 Å². The fourth-order valence-electron chi connectivity index (χ4n) is 2.50. The van der Waals surface area contributed by atoms with Crippen molar-refractivity contribution in [2.75, 3.05) is 5.32 Å². The van der Waals surface area contributed by atoms with Crippen LogP contribution >= 0.6 is 0 Å². The zero-order chi connectivity index (χ0) is 18.0. The van der Waals surface area contributed by atoms with Crippen LogP contribution in [0.5, 0.6) is 0 Å². The fourth-order valence-corrected chi connectivity index (χ4v) is 2.50. The summed E-state index contributed by atoms with van der Waals surface area (Å²) in [6, 6.07) is 13.5. The summed E-state index contributed by atoms with van der Waals surface area (Å²) in [5.41, 5.74) is 4.63. The molecule has 2 aromatic carbocycles. The summed E-state index contributed by atoms with van der Waals surface area (Å²) in [5, 5.41) is 3.25. The third-order valence-electron chi connectivity index (χ3n) is 3.75. The minimum absolute atomic E-state index is 0.188. The Kier molecular flexibility index (Phi) is 4.65. The van der Waals surface area contributed by atoms with Crippen LogP contribution in [0.25, 0.3) is 11.0 Å². The van der Waals surface area contributed by atoms with E-state index in [1.54, 1.807) is 0 Å². The standard InChI is InChI=1S/C20H21N3O2/c1-12(2)25-20(24)18-19(22-16-8-6-5-7-15(16)21-18)23-17-11-13(3)9-10-14(17)4/h5-12H,1-4H3,(H,22,23). The maximum absolute atomic E-state index is 12.5. The second-order valence-electron chi connectivity index (χ2n) is 6.31. The van der Waals surface area contributed by atoms with Gasteiger partial charge in [-0.2, -0.15) is 0 Å². The predicted octanol–water partition coefficient (Wildman–Crippen LogP) is 4.56. The normalized spacial score (nSPS) is 10.9. The Morgan fingerprint density at radius 2 is 1.72 bits per heavy atom. The van der Waals surface area contributed by atoms with Gasteiger partial charge in [0.05, 0.1) is 17.1 Å². The van der Waals surface area contributed by atoms with E-state index in [1.165, 1.54) is 0 Å². The Labute approximate surface area is 147 Å². The number of anilines is 2. The molecule has 0 saturated carbocycles. The van der Waals surface area contributed by atoms with Gasteiger partial charge >= 0.3 is 5.97 Å². The molecule has 0 aliphatic heterocycles. The van der Waals surface area contributed by atoms with Crippen molar-refractivity contribution in [2.24, 2.45) is 0 Å². The number of fused-ring (bicyclic) bond motifs is 1. The summed E-state index contributed by atoms with van der Waals surface area (Å²) < 4.78 is 5.34. The lowest BCUT2D eigenvalue weighted by molar-refractivity contribution is 0.0372. The molecule has 1 aromatic heterocycles. The van der Waals surface area contributed by atoms with Crippen molar-refractivity contribution in [3.63, 3.8) is 0 Å². The average molecular weight is 335 g/mol. The number of aromatic nitrogens is 2. The number of para-hydroxylation sites is 2. The third-order valence-corrected chi connectivity index (χ3v) is 3.75. The van der Waals surface area contributed by atoms with Gasteiger partial charge in [-0.25, -0.2) is 14.8 Å². The molecule has 0 atom stereocenters. The molecule has 5 nitrogen and oxygen atoms in total. The molecule has 0 spiro atoms. The van der Waals surface area contributed by atoms with E-state index in [4.69, 9.17) is 4.74 Å². The van der Waals surface area contributed by atoms with Gasteiger partial charge in [-0.1, -0.05) is 24.3 Å². The van der Waals surface area contributed by atoms with E-state index in [2.05, 4.69) is 15.3 Å². The Morgan fingerprint density at radius 3 is 2.40 bits per heavy atom. The maximum Gasteiger partial charge on any atom is 0.361 e. The summed E-state index contributed by atoms with van der Waals surface area (Å²) in [7, 11) is 0. The molecule has 0 bridgehead atoms. The first-order valence-electron chi connectivity index (χ1n) is 8.26. The summed E-state index contributed by atoms with van der Waals surface area (Å²) in [4.78, 5) is 21.6. The van der Waals surface area contributed by atoms with Gasteiger partial charge in [0.15, 0.2) is 11.5 Å². The Bertz CT molecular complexity index is 935. The molecule has 3 rings (SSSR count). The van der Waals surface area contributed by atoms with Gasteiger partial charge in [-0.15, -0.1) is 0 Å². The molecule has 0 radical (unpaired) electrons. The second kappa shape index (κ2) is 6.89. The van der Waals surface area contributed by atoms with E-state index in [-0.39, 0.29) is 11.8 Å². The summed E-state index contributed by atoms with van der Waals surface area (Å²) in [6.07, 6.45) is -0.227. The Hall–Kier alpha value is -2.95. The molecule has 0 amide bonds. The van der Waals surface area contributed by atoms with Crippen molar-refractivity contribution in [1.82, 2.24) is 9.97 Å². The number of aryl methyl sites for hydroxylation is 2. The molecule has 0 aliphatic rings. The van der Waals surface area contributed by atoms with Crippen LogP contribution in [-0.2, 0) is 4.74 Å². The van der Waals surface area contributed by atoms with Crippen molar-refractivity contribution < 1.29 is 9.53 Å². The fraction of sp³-hybridized carbons (Fsp3) is 0.250. The van der Waals surface area contributed by atoms with Gasteiger partial charge in [0.1, 0.15) is 0 Å². The molecule has 0 fully saturated rings. The van der Waals surface area contributed by atoms with E-state index in [0.29, 0.717) is 11.3 Å². The molecule has 128 valence electrons. The number of carbonyl (C=O) groups excluding carboxylic acids is 1. The van der Waals surface area contributed by atoms with Crippen LogP contribution < -0.4 is 5.32 Å². The van der Waals surface area contributed by atoms with Crippen molar-refractivity contribution in [1.29, 1.82) is 0 Å². The first kappa shape index (κ1) is 16.9. The lowest BCUT2D eigenvalue weighted by Gasteiger charge is -2.14. The number of nitrogens with zero attached hydrogens (tertiary/aromatic N) is 2. The minimum atomic E-state index is -0.485. The molecule has 0 saturated heterocycles. The largest absolute Gasteiger partial charge is 0.458 e. The van der Waals surface area contributed by atoms with Crippen LogP contribution in [0.15, 0.2) is 42.5 Å². The zero-order valence-corrected chi connectivity index (χ0v) is 14.8. The summed E-state index contributed by atoms with van der Waals surface area (Å²) >= 11 is 0. The van der Waals surface area contributed by atoms with Gasteiger partial charge in [-0.05, 0) is 57.0 Å². The van der Waals surface area contributed by atoms with Crippen LogP contribution in [-0.4, -0.2) is 22.0 Å². The van der Waals surface area contributed by atoms with Crippen molar-refractivity contribution in [3.05, 3.63) is 59.3 Å². The van der Waals surface area contributed by atoms with Crippen LogP contribution in [0.4, 0.5) is 11.5 Å². The zero-order valence-electron chi connectivity index (χ0n) is 14.8. The Balaban J connectivity index is 2.10. The molecule has 25 heavy (non-hydrogen) atoms. The van der Waals surface area contributed by atoms with E-state index < -0.39 is 5.97 Å². The highest BCUT2D eigenvalue weighted by Crippen LogP contribution is 2.25. The summed E-state index contributed by atoms with van der Waals surface area (Å²) in [6.45, 7) is 7.64. The van der Waals surface area contributed by atoms with Crippen LogP contribution in [0, 0.1) is 13.8 Å². The van der Waals surface area contributed by atoms with Crippen LogP contribution in [0.1, 0.15) is 35.5 Å². The number of rotatable bonds is 4. The maximum atomic E-state index is 12.5.